The number of nitrogens with zero attached hydrogens (tertiary/aromatic N) is 3. The summed E-state index contributed by atoms with van der Waals surface area (Å²) in [5.74, 6) is 6.58. The summed E-state index contributed by atoms with van der Waals surface area (Å²) in [6.07, 6.45) is 0. The number of hydrazine groups is 1. The minimum Gasteiger partial charge on any atom is -0.308 e. The molecule has 1 heterocycles. The van der Waals surface area contributed by atoms with Crippen molar-refractivity contribution in [2.24, 2.45) is 5.84 Å². The Morgan fingerprint density at radius 1 is 1.39 bits per heavy atom. The number of nitrogen functional groups attached to an aromatic ring is 1. The first-order valence-electron chi connectivity index (χ1n) is 5.45. The molecule has 0 bridgehead atoms. The van der Waals surface area contributed by atoms with Crippen LogP contribution in [-0.2, 0) is 0 Å². The van der Waals surface area contributed by atoms with E-state index in [1.54, 1.807) is 6.07 Å². The van der Waals surface area contributed by atoms with Crippen molar-refractivity contribution in [3.8, 4) is 0 Å². The second-order valence-corrected chi connectivity index (χ2v) is 4.19. The fourth-order valence-corrected chi connectivity index (χ4v) is 1.62. The van der Waals surface area contributed by atoms with Crippen LogP contribution >= 0.6 is 0 Å². The summed E-state index contributed by atoms with van der Waals surface area (Å²) in [6.45, 7) is 3.89. The molecule has 0 atom stereocenters. The molecule has 1 aromatic carbocycles. The molecule has 7 nitrogen and oxygen atoms in total. The number of aromatic nitrogens is 2. The maximum absolute atomic E-state index is 10.7. The van der Waals surface area contributed by atoms with Crippen LogP contribution in [0.2, 0.25) is 0 Å². The van der Waals surface area contributed by atoms with Crippen LogP contribution in [0, 0.1) is 10.1 Å². The number of anilines is 1. The number of nitrogens with two attached hydrogens (primary N) is 1. The Bertz CT molecular complexity index is 612. The Kier molecular flexibility index (Phi) is 3.07. The van der Waals surface area contributed by atoms with E-state index in [1.807, 2.05) is 13.8 Å². The Morgan fingerprint density at radius 2 is 2.11 bits per heavy atom. The van der Waals surface area contributed by atoms with Gasteiger partial charge in [0.2, 0.25) is 0 Å². The highest BCUT2D eigenvalue weighted by molar-refractivity contribution is 5.90. The van der Waals surface area contributed by atoms with Gasteiger partial charge in [-0.3, -0.25) is 10.1 Å². The van der Waals surface area contributed by atoms with Gasteiger partial charge in [-0.1, -0.05) is 13.8 Å². The van der Waals surface area contributed by atoms with Gasteiger partial charge in [0.05, 0.1) is 10.4 Å². The molecule has 2 aromatic rings. The molecule has 0 spiro atoms. The molecule has 3 N–H and O–H groups in total. The van der Waals surface area contributed by atoms with Crippen molar-refractivity contribution in [1.29, 1.82) is 0 Å². The van der Waals surface area contributed by atoms with Crippen molar-refractivity contribution >= 4 is 22.4 Å². The highest BCUT2D eigenvalue weighted by atomic mass is 16.6. The summed E-state index contributed by atoms with van der Waals surface area (Å²) in [6, 6.07) is 4.41. The number of hydrogen-bond acceptors (Lipinski definition) is 6. The van der Waals surface area contributed by atoms with Gasteiger partial charge in [-0.25, -0.2) is 15.8 Å². The van der Waals surface area contributed by atoms with Crippen LogP contribution < -0.4 is 11.3 Å². The predicted molar refractivity (Wildman–Crippen MR) is 68.1 cm³/mol. The third-order valence-electron chi connectivity index (χ3n) is 2.56. The lowest BCUT2D eigenvalue weighted by molar-refractivity contribution is -0.384. The molecule has 0 radical (unpaired) electrons. The smallest absolute Gasteiger partial charge is 0.271 e. The van der Waals surface area contributed by atoms with Gasteiger partial charge in [0.15, 0.2) is 5.82 Å². The largest absolute Gasteiger partial charge is 0.308 e. The molecule has 1 aromatic heterocycles. The second kappa shape index (κ2) is 4.53. The van der Waals surface area contributed by atoms with Gasteiger partial charge in [-0.05, 0) is 6.07 Å². The van der Waals surface area contributed by atoms with Crippen LogP contribution in [0.5, 0.6) is 0 Å². The molecular formula is C11H13N5O2. The maximum Gasteiger partial charge on any atom is 0.271 e. The fraction of sp³-hybridized carbons (Fsp3) is 0.273. The minimum atomic E-state index is -0.452. The van der Waals surface area contributed by atoms with Gasteiger partial charge < -0.3 is 5.43 Å². The normalized spacial score (nSPS) is 10.9. The number of non-ortho nitro benzene ring substituents is 1. The Morgan fingerprint density at radius 3 is 2.67 bits per heavy atom. The number of nitrogens with one attached hydrogen (secondary N) is 1. The van der Waals surface area contributed by atoms with Crippen molar-refractivity contribution in [1.82, 2.24) is 9.97 Å². The van der Waals surface area contributed by atoms with Crippen LogP contribution in [0.25, 0.3) is 10.9 Å². The average molecular weight is 247 g/mol. The lowest BCUT2D eigenvalue weighted by atomic mass is 10.1. The summed E-state index contributed by atoms with van der Waals surface area (Å²) in [7, 11) is 0. The monoisotopic (exact) mass is 247 g/mol. The molecule has 2 rings (SSSR count). The zero-order chi connectivity index (χ0) is 13.3. The Labute approximate surface area is 103 Å². The summed E-state index contributed by atoms with van der Waals surface area (Å²) in [5.41, 5.74) is 3.00. The third kappa shape index (κ3) is 2.07. The number of hydrogen-bond donors (Lipinski definition) is 2. The van der Waals surface area contributed by atoms with E-state index < -0.39 is 4.92 Å². The highest BCUT2D eigenvalue weighted by Gasteiger charge is 2.13. The molecule has 94 valence electrons. The lowest BCUT2D eigenvalue weighted by Crippen LogP contribution is -2.11. The van der Waals surface area contributed by atoms with E-state index in [0.717, 1.165) is 0 Å². The third-order valence-corrected chi connectivity index (χ3v) is 2.56. The molecule has 0 fully saturated rings. The van der Waals surface area contributed by atoms with Crippen LogP contribution in [0.3, 0.4) is 0 Å². The van der Waals surface area contributed by atoms with Gasteiger partial charge in [-0.2, -0.15) is 0 Å². The van der Waals surface area contributed by atoms with Crippen LogP contribution in [0.4, 0.5) is 11.5 Å². The molecule has 0 unspecified atom stereocenters. The first kappa shape index (κ1) is 12.2. The number of nitro benzene ring substituents is 1. The van der Waals surface area contributed by atoms with Crippen LogP contribution in [0.15, 0.2) is 18.2 Å². The number of nitro groups is 1. The standard InChI is InChI=1S/C11H13N5O2/c1-6(2)10-13-9-5-7(16(17)18)3-4-8(9)11(14-10)15-12/h3-6H,12H2,1-2H3,(H,13,14,15). The van der Waals surface area contributed by atoms with E-state index in [9.17, 15) is 10.1 Å². The quantitative estimate of drug-likeness (QED) is 0.487. The van der Waals surface area contributed by atoms with E-state index in [-0.39, 0.29) is 11.6 Å². The van der Waals surface area contributed by atoms with Crippen LogP contribution in [0.1, 0.15) is 25.6 Å². The number of fused-ring (bicyclic) bond motifs is 1. The van der Waals surface area contributed by atoms with Crippen molar-refractivity contribution in [2.75, 3.05) is 5.43 Å². The molecule has 0 aliphatic heterocycles. The topological polar surface area (TPSA) is 107 Å². The maximum atomic E-state index is 10.7. The van der Waals surface area contributed by atoms with E-state index in [0.29, 0.717) is 22.5 Å². The molecule has 0 amide bonds. The number of rotatable bonds is 3. The first-order chi connectivity index (χ1) is 8.52. The lowest BCUT2D eigenvalue weighted by Gasteiger charge is -2.09. The van der Waals surface area contributed by atoms with E-state index >= 15 is 0 Å². The highest BCUT2D eigenvalue weighted by Crippen LogP contribution is 2.25. The van der Waals surface area contributed by atoms with Crippen molar-refractivity contribution in [2.45, 2.75) is 19.8 Å². The average Bonchev–Trinajstić information content (AvgIpc) is 2.36. The molecule has 0 aliphatic carbocycles. The van der Waals surface area contributed by atoms with Gasteiger partial charge >= 0.3 is 0 Å². The summed E-state index contributed by atoms with van der Waals surface area (Å²) in [4.78, 5) is 18.9. The number of benzene rings is 1. The Balaban J connectivity index is 2.72. The van der Waals surface area contributed by atoms with Gasteiger partial charge in [0, 0.05) is 23.4 Å². The molecule has 0 saturated carbocycles. The summed E-state index contributed by atoms with van der Waals surface area (Å²) in [5, 5.41) is 11.4. The van der Waals surface area contributed by atoms with Crippen molar-refractivity contribution in [3.05, 3.63) is 34.1 Å². The molecule has 0 saturated heterocycles. The first-order valence-corrected chi connectivity index (χ1v) is 5.45. The fourth-order valence-electron chi connectivity index (χ4n) is 1.62. The van der Waals surface area contributed by atoms with E-state index in [2.05, 4.69) is 15.4 Å². The van der Waals surface area contributed by atoms with Crippen molar-refractivity contribution < 1.29 is 4.92 Å². The van der Waals surface area contributed by atoms with Crippen molar-refractivity contribution in [3.63, 3.8) is 0 Å². The zero-order valence-electron chi connectivity index (χ0n) is 10.0. The second-order valence-electron chi connectivity index (χ2n) is 4.19. The molecule has 0 aliphatic rings. The van der Waals surface area contributed by atoms with Gasteiger partial charge in [0.25, 0.3) is 5.69 Å². The zero-order valence-corrected chi connectivity index (χ0v) is 10.0. The molecule has 7 heteroatoms. The van der Waals surface area contributed by atoms with Crippen LogP contribution in [-0.4, -0.2) is 14.9 Å². The predicted octanol–water partition coefficient (Wildman–Crippen LogP) is 1.95. The molecular weight excluding hydrogens is 234 g/mol. The minimum absolute atomic E-state index is 0.00104. The Hall–Kier alpha value is -2.28. The van der Waals surface area contributed by atoms with Gasteiger partial charge in [-0.15, -0.1) is 0 Å². The van der Waals surface area contributed by atoms with E-state index in [1.165, 1.54) is 12.1 Å². The van der Waals surface area contributed by atoms with Gasteiger partial charge in [0.1, 0.15) is 5.82 Å². The molecule has 18 heavy (non-hydrogen) atoms. The summed E-state index contributed by atoms with van der Waals surface area (Å²) >= 11 is 0. The summed E-state index contributed by atoms with van der Waals surface area (Å²) < 4.78 is 0. The van der Waals surface area contributed by atoms with E-state index in [4.69, 9.17) is 5.84 Å². The SMILES string of the molecule is CC(C)c1nc(NN)c2ccc([N+](=O)[O-])cc2n1.